The number of piperazine rings is 1. The van der Waals surface area contributed by atoms with Crippen LogP contribution < -0.4 is 16.2 Å². The lowest BCUT2D eigenvalue weighted by Crippen LogP contribution is -2.55. The minimum absolute atomic E-state index is 0.0301. The van der Waals surface area contributed by atoms with Gasteiger partial charge in [-0.3, -0.25) is 9.59 Å². The molecule has 2 atom stereocenters. The lowest BCUT2D eigenvalue weighted by molar-refractivity contribution is -0.138. The average molecular weight is 407 g/mol. The van der Waals surface area contributed by atoms with E-state index in [0.29, 0.717) is 19.6 Å². The summed E-state index contributed by atoms with van der Waals surface area (Å²) in [7, 11) is 0. The van der Waals surface area contributed by atoms with Gasteiger partial charge in [-0.2, -0.15) is 18.3 Å². The Hall–Kier alpha value is -2.18. The van der Waals surface area contributed by atoms with Gasteiger partial charge in [-0.1, -0.05) is 0 Å². The molecule has 0 spiro atoms. The third kappa shape index (κ3) is 5.91. The zero-order valence-electron chi connectivity index (χ0n) is 15.4. The number of nitrogens with one attached hydrogen (secondary N) is 3. The Morgan fingerprint density at radius 2 is 2.29 bits per heavy atom. The minimum Gasteiger partial charge on any atom is -0.394 e. The van der Waals surface area contributed by atoms with E-state index >= 15 is 0 Å². The van der Waals surface area contributed by atoms with Gasteiger partial charge in [0.1, 0.15) is 5.56 Å². The number of alkyl halides is 3. The largest absolute Gasteiger partial charge is 0.423 e. The Bertz CT molecular complexity index is 712. The molecule has 1 aliphatic rings. The van der Waals surface area contributed by atoms with Crippen LogP contribution in [0.5, 0.6) is 0 Å². The highest BCUT2D eigenvalue weighted by molar-refractivity contribution is 5.76. The summed E-state index contributed by atoms with van der Waals surface area (Å²) in [5, 5.41) is 20.1. The first-order valence-electron chi connectivity index (χ1n) is 8.84. The van der Waals surface area contributed by atoms with E-state index < -0.39 is 29.0 Å². The molecule has 9 nitrogen and oxygen atoms in total. The van der Waals surface area contributed by atoms with Gasteiger partial charge in [0.15, 0.2) is 0 Å². The number of aliphatic hydroxyl groups is 1. The molecular weight excluding hydrogens is 383 g/mol. The molecule has 12 heteroatoms. The molecule has 28 heavy (non-hydrogen) atoms. The van der Waals surface area contributed by atoms with Crippen LogP contribution >= 0.6 is 0 Å². The first-order valence-corrected chi connectivity index (χ1v) is 8.84. The number of rotatable bonds is 8. The molecule has 0 saturated carbocycles. The van der Waals surface area contributed by atoms with Crippen molar-refractivity contribution in [2.45, 2.75) is 31.6 Å². The average Bonchev–Trinajstić information content (AvgIpc) is 2.64. The third-order valence-electron chi connectivity index (χ3n) is 4.25. The van der Waals surface area contributed by atoms with Crippen molar-refractivity contribution in [3.05, 3.63) is 22.1 Å². The zero-order valence-corrected chi connectivity index (χ0v) is 15.4. The van der Waals surface area contributed by atoms with Crippen LogP contribution in [-0.4, -0.2) is 77.6 Å². The van der Waals surface area contributed by atoms with Gasteiger partial charge < -0.3 is 25.4 Å². The summed E-state index contributed by atoms with van der Waals surface area (Å²) in [6.07, 6.45) is -3.83. The molecule has 158 valence electrons. The number of nitrogens with zero attached hydrogens (tertiary/aromatic N) is 2. The van der Waals surface area contributed by atoms with Crippen LogP contribution in [0, 0.1) is 0 Å². The van der Waals surface area contributed by atoms with Gasteiger partial charge in [-0.25, -0.2) is 5.10 Å². The number of hydrogen-bond donors (Lipinski definition) is 4. The first kappa shape index (κ1) is 22.1. The fraction of sp³-hybridized carbons (Fsp3) is 0.688. The minimum atomic E-state index is -4.82. The predicted molar refractivity (Wildman–Crippen MR) is 93.8 cm³/mol. The van der Waals surface area contributed by atoms with Crippen molar-refractivity contribution in [2.75, 3.05) is 44.8 Å². The number of H-pyrrole nitrogens is 1. The molecule has 2 heterocycles. The summed E-state index contributed by atoms with van der Waals surface area (Å²) in [6, 6.07) is -0.824. The van der Waals surface area contributed by atoms with Gasteiger partial charge in [-0.15, -0.1) is 0 Å². The molecule has 1 aromatic heterocycles. The number of amides is 1. The van der Waals surface area contributed by atoms with E-state index in [1.54, 1.807) is 16.9 Å². The van der Waals surface area contributed by atoms with E-state index in [4.69, 9.17) is 4.74 Å². The SMILES string of the molecule is CC(COCCC(=O)N1CCNC[C@H]1CO)Nc1cn[nH]c(=O)c1C(F)(F)F. The van der Waals surface area contributed by atoms with E-state index in [1.165, 1.54) is 0 Å². The number of aromatic amines is 1. The Morgan fingerprint density at radius 1 is 1.54 bits per heavy atom. The van der Waals surface area contributed by atoms with Crippen LogP contribution in [0.3, 0.4) is 0 Å². The maximum absolute atomic E-state index is 13.0. The maximum atomic E-state index is 13.0. The summed E-state index contributed by atoms with van der Waals surface area (Å²) in [5.41, 5.74) is -3.11. The standard InChI is InChI=1S/C16H24F3N5O4/c1-10(22-12-7-21-23-15(27)14(12)16(17,18)19)9-28-5-2-13(26)24-4-3-20-6-11(24)8-25/h7,10-11,20,25H,2-6,8-9H2,1H3,(H2,22,23,27)/t10?,11-/m0/s1. The fourth-order valence-corrected chi connectivity index (χ4v) is 2.91. The number of anilines is 1. The van der Waals surface area contributed by atoms with Crippen molar-refractivity contribution in [2.24, 2.45) is 0 Å². The van der Waals surface area contributed by atoms with E-state index in [-0.39, 0.29) is 38.2 Å². The third-order valence-corrected chi connectivity index (χ3v) is 4.25. The van der Waals surface area contributed by atoms with E-state index in [2.05, 4.69) is 15.7 Å². The van der Waals surface area contributed by atoms with Crippen molar-refractivity contribution in [1.29, 1.82) is 0 Å². The lowest BCUT2D eigenvalue weighted by Gasteiger charge is -2.35. The molecule has 1 unspecified atom stereocenters. The second kappa shape index (κ2) is 9.85. The van der Waals surface area contributed by atoms with Gasteiger partial charge in [0.05, 0.1) is 44.2 Å². The molecule has 0 aliphatic carbocycles. The molecule has 1 fully saturated rings. The van der Waals surface area contributed by atoms with Crippen LogP contribution in [0.2, 0.25) is 0 Å². The second-order valence-electron chi connectivity index (χ2n) is 6.48. The highest BCUT2D eigenvalue weighted by Crippen LogP contribution is 2.31. The summed E-state index contributed by atoms with van der Waals surface area (Å²) >= 11 is 0. The Balaban J connectivity index is 1.81. The lowest BCUT2D eigenvalue weighted by atomic mass is 10.2. The summed E-state index contributed by atoms with van der Waals surface area (Å²) in [4.78, 5) is 25.2. The number of aliphatic hydroxyl groups excluding tert-OH is 1. The van der Waals surface area contributed by atoms with Crippen molar-refractivity contribution in [3.63, 3.8) is 0 Å². The van der Waals surface area contributed by atoms with Crippen molar-refractivity contribution in [3.8, 4) is 0 Å². The Morgan fingerprint density at radius 3 is 2.96 bits per heavy atom. The first-order chi connectivity index (χ1) is 13.2. The van der Waals surface area contributed by atoms with Crippen LogP contribution in [0.1, 0.15) is 18.9 Å². The summed E-state index contributed by atoms with van der Waals surface area (Å²) in [6.45, 7) is 3.24. The van der Waals surface area contributed by atoms with Crippen molar-refractivity contribution in [1.82, 2.24) is 20.4 Å². The monoisotopic (exact) mass is 407 g/mol. The molecular formula is C16H24F3N5O4. The number of carbonyl (C=O) groups excluding carboxylic acids is 1. The normalized spacial score (nSPS) is 18.8. The van der Waals surface area contributed by atoms with Gasteiger partial charge >= 0.3 is 6.18 Å². The van der Waals surface area contributed by atoms with Crippen molar-refractivity contribution >= 4 is 11.6 Å². The highest BCUT2D eigenvalue weighted by Gasteiger charge is 2.37. The topological polar surface area (TPSA) is 120 Å². The number of aromatic nitrogens is 2. The molecule has 1 amide bonds. The van der Waals surface area contributed by atoms with E-state index in [1.807, 2.05) is 0 Å². The molecule has 1 aromatic rings. The molecule has 0 aromatic carbocycles. The van der Waals surface area contributed by atoms with E-state index in [0.717, 1.165) is 6.20 Å². The molecule has 0 bridgehead atoms. The molecule has 2 rings (SSSR count). The van der Waals surface area contributed by atoms with Crippen molar-refractivity contribution < 1.29 is 27.8 Å². The van der Waals surface area contributed by atoms with Gasteiger partial charge in [-0.05, 0) is 6.92 Å². The molecule has 0 radical (unpaired) electrons. The molecule has 1 saturated heterocycles. The second-order valence-corrected chi connectivity index (χ2v) is 6.48. The van der Waals surface area contributed by atoms with Crippen LogP contribution in [0.25, 0.3) is 0 Å². The Kier molecular flexibility index (Phi) is 7.78. The van der Waals surface area contributed by atoms with Crippen LogP contribution in [-0.2, 0) is 15.7 Å². The van der Waals surface area contributed by atoms with Crippen LogP contribution in [0.4, 0.5) is 18.9 Å². The fourth-order valence-electron chi connectivity index (χ4n) is 2.91. The zero-order chi connectivity index (χ0) is 20.7. The van der Waals surface area contributed by atoms with Gasteiger partial charge in [0.25, 0.3) is 5.56 Å². The van der Waals surface area contributed by atoms with Gasteiger partial charge in [0, 0.05) is 25.7 Å². The number of carbonyl (C=O) groups is 1. The molecule has 4 N–H and O–H groups in total. The van der Waals surface area contributed by atoms with Gasteiger partial charge in [0.2, 0.25) is 5.91 Å². The number of halogens is 3. The summed E-state index contributed by atoms with van der Waals surface area (Å²) in [5.74, 6) is -0.153. The van der Waals surface area contributed by atoms with Crippen LogP contribution in [0.15, 0.2) is 11.0 Å². The highest BCUT2D eigenvalue weighted by atomic mass is 19.4. The predicted octanol–water partition coefficient (Wildman–Crippen LogP) is -0.211. The Labute approximate surface area is 159 Å². The van der Waals surface area contributed by atoms with E-state index in [9.17, 15) is 27.9 Å². The number of hydrogen-bond acceptors (Lipinski definition) is 7. The maximum Gasteiger partial charge on any atom is 0.423 e. The number of ether oxygens (including phenoxy) is 1. The summed E-state index contributed by atoms with van der Waals surface area (Å²) < 4.78 is 44.4. The molecule has 1 aliphatic heterocycles. The smallest absolute Gasteiger partial charge is 0.394 e. The quantitative estimate of drug-likeness (QED) is 0.440.